The summed E-state index contributed by atoms with van der Waals surface area (Å²) < 4.78 is 0. The highest BCUT2D eigenvalue weighted by atomic mass is 16.2. The molecular formula is C12H24N2O. The van der Waals surface area contributed by atoms with Crippen LogP contribution in [-0.2, 0) is 4.79 Å². The molecule has 88 valence electrons. The van der Waals surface area contributed by atoms with Crippen molar-refractivity contribution in [3.05, 3.63) is 0 Å². The second-order valence-electron chi connectivity index (χ2n) is 4.43. The second-order valence-corrected chi connectivity index (χ2v) is 4.43. The van der Waals surface area contributed by atoms with Crippen LogP contribution in [0.2, 0.25) is 0 Å². The minimum Gasteiger partial charge on any atom is -0.338 e. The van der Waals surface area contributed by atoms with E-state index in [4.69, 9.17) is 0 Å². The zero-order valence-electron chi connectivity index (χ0n) is 10.3. The van der Waals surface area contributed by atoms with Crippen LogP contribution >= 0.6 is 0 Å². The standard InChI is InChI=1S/C12H24N2O/c1-4-11(5-2)12(15)14-9-8-13-7-6-10(14)3/h10-11,13H,4-9H2,1-3H3. The maximum atomic E-state index is 12.2. The van der Waals surface area contributed by atoms with Gasteiger partial charge in [0, 0.05) is 25.0 Å². The third-order valence-corrected chi connectivity index (χ3v) is 3.42. The summed E-state index contributed by atoms with van der Waals surface area (Å²) in [5.41, 5.74) is 0. The molecule has 0 aromatic carbocycles. The van der Waals surface area contributed by atoms with Crippen molar-refractivity contribution in [1.82, 2.24) is 10.2 Å². The molecule has 0 bridgehead atoms. The predicted octanol–water partition coefficient (Wildman–Crippen LogP) is 1.63. The smallest absolute Gasteiger partial charge is 0.225 e. The van der Waals surface area contributed by atoms with Gasteiger partial charge in [0.05, 0.1) is 0 Å². The van der Waals surface area contributed by atoms with Gasteiger partial charge in [0.2, 0.25) is 5.91 Å². The summed E-state index contributed by atoms with van der Waals surface area (Å²) in [5.74, 6) is 0.585. The first kappa shape index (κ1) is 12.5. The molecule has 0 radical (unpaired) electrons. The molecule has 0 spiro atoms. The van der Waals surface area contributed by atoms with E-state index in [-0.39, 0.29) is 5.92 Å². The highest BCUT2D eigenvalue weighted by Gasteiger charge is 2.26. The number of nitrogens with one attached hydrogen (secondary N) is 1. The average Bonchev–Trinajstić information content (AvgIpc) is 2.44. The molecule has 0 aliphatic carbocycles. The fourth-order valence-corrected chi connectivity index (χ4v) is 2.21. The zero-order valence-corrected chi connectivity index (χ0v) is 10.3. The molecule has 1 heterocycles. The van der Waals surface area contributed by atoms with Crippen LogP contribution in [0, 0.1) is 5.92 Å². The quantitative estimate of drug-likeness (QED) is 0.771. The molecule has 3 heteroatoms. The van der Waals surface area contributed by atoms with Crippen LogP contribution in [0.25, 0.3) is 0 Å². The van der Waals surface area contributed by atoms with Crippen LogP contribution in [0.5, 0.6) is 0 Å². The number of carbonyl (C=O) groups is 1. The monoisotopic (exact) mass is 212 g/mol. The Morgan fingerprint density at radius 1 is 1.40 bits per heavy atom. The third kappa shape index (κ3) is 3.20. The number of hydrogen-bond donors (Lipinski definition) is 1. The van der Waals surface area contributed by atoms with E-state index in [0.29, 0.717) is 11.9 Å². The van der Waals surface area contributed by atoms with Gasteiger partial charge in [-0.25, -0.2) is 0 Å². The van der Waals surface area contributed by atoms with E-state index in [2.05, 4.69) is 31.0 Å². The van der Waals surface area contributed by atoms with Crippen molar-refractivity contribution in [3.8, 4) is 0 Å². The van der Waals surface area contributed by atoms with Crippen LogP contribution in [0.1, 0.15) is 40.0 Å². The van der Waals surface area contributed by atoms with Gasteiger partial charge in [-0.1, -0.05) is 13.8 Å². The number of hydrogen-bond acceptors (Lipinski definition) is 2. The Morgan fingerprint density at radius 3 is 2.67 bits per heavy atom. The molecule has 0 aromatic rings. The molecule has 1 saturated heterocycles. The lowest BCUT2D eigenvalue weighted by atomic mass is 10.0. The SMILES string of the molecule is CCC(CC)C(=O)N1CCNCCC1C. The van der Waals surface area contributed by atoms with E-state index in [1.807, 2.05) is 0 Å². The van der Waals surface area contributed by atoms with Crippen molar-refractivity contribution in [3.63, 3.8) is 0 Å². The molecule has 15 heavy (non-hydrogen) atoms. The largest absolute Gasteiger partial charge is 0.338 e. The lowest BCUT2D eigenvalue weighted by Crippen LogP contribution is -2.42. The molecule has 3 nitrogen and oxygen atoms in total. The Hall–Kier alpha value is -0.570. The van der Waals surface area contributed by atoms with E-state index >= 15 is 0 Å². The van der Waals surface area contributed by atoms with Gasteiger partial charge in [-0.15, -0.1) is 0 Å². The summed E-state index contributed by atoms with van der Waals surface area (Å²) in [6, 6.07) is 0.396. The third-order valence-electron chi connectivity index (χ3n) is 3.42. The van der Waals surface area contributed by atoms with Crippen molar-refractivity contribution in [2.24, 2.45) is 5.92 Å². The van der Waals surface area contributed by atoms with Gasteiger partial charge in [0.25, 0.3) is 0 Å². The Balaban J connectivity index is 2.62. The molecule has 1 N–H and O–H groups in total. The van der Waals surface area contributed by atoms with Crippen molar-refractivity contribution in [2.75, 3.05) is 19.6 Å². The van der Waals surface area contributed by atoms with E-state index < -0.39 is 0 Å². The van der Waals surface area contributed by atoms with Gasteiger partial charge < -0.3 is 10.2 Å². The van der Waals surface area contributed by atoms with Gasteiger partial charge in [-0.3, -0.25) is 4.79 Å². The maximum absolute atomic E-state index is 12.2. The lowest BCUT2D eigenvalue weighted by Gasteiger charge is -2.30. The van der Waals surface area contributed by atoms with E-state index in [1.54, 1.807) is 0 Å². The molecule has 1 atom stereocenters. The highest BCUT2D eigenvalue weighted by molar-refractivity contribution is 5.79. The molecule has 1 amide bonds. The molecule has 1 unspecified atom stereocenters. The fraction of sp³-hybridized carbons (Fsp3) is 0.917. The lowest BCUT2D eigenvalue weighted by molar-refractivity contribution is -0.137. The Morgan fingerprint density at radius 2 is 2.07 bits per heavy atom. The summed E-state index contributed by atoms with van der Waals surface area (Å²) in [5, 5.41) is 3.34. The first-order chi connectivity index (χ1) is 7.20. The Kier molecular flexibility index (Phi) is 5.09. The van der Waals surface area contributed by atoms with Gasteiger partial charge >= 0.3 is 0 Å². The van der Waals surface area contributed by atoms with Crippen LogP contribution in [0.4, 0.5) is 0 Å². The number of amides is 1. The maximum Gasteiger partial charge on any atom is 0.225 e. The first-order valence-corrected chi connectivity index (χ1v) is 6.21. The van der Waals surface area contributed by atoms with E-state index in [1.165, 1.54) is 0 Å². The Labute approximate surface area is 93.2 Å². The molecule has 0 saturated carbocycles. The average molecular weight is 212 g/mol. The molecule has 1 fully saturated rings. The van der Waals surface area contributed by atoms with Crippen molar-refractivity contribution < 1.29 is 4.79 Å². The van der Waals surface area contributed by atoms with E-state index in [0.717, 1.165) is 38.9 Å². The van der Waals surface area contributed by atoms with Crippen molar-refractivity contribution in [2.45, 2.75) is 46.1 Å². The van der Waals surface area contributed by atoms with E-state index in [9.17, 15) is 4.79 Å². The van der Waals surface area contributed by atoms with Gasteiger partial charge in [0.15, 0.2) is 0 Å². The van der Waals surface area contributed by atoms with Crippen LogP contribution < -0.4 is 5.32 Å². The molecule has 0 aromatic heterocycles. The minimum absolute atomic E-state index is 0.227. The summed E-state index contributed by atoms with van der Waals surface area (Å²) in [6.07, 6.45) is 3.00. The number of carbonyl (C=O) groups excluding carboxylic acids is 1. The van der Waals surface area contributed by atoms with Crippen LogP contribution in [0.15, 0.2) is 0 Å². The number of rotatable bonds is 3. The van der Waals surface area contributed by atoms with Crippen LogP contribution in [-0.4, -0.2) is 36.5 Å². The molecular weight excluding hydrogens is 188 g/mol. The predicted molar refractivity (Wildman–Crippen MR) is 62.7 cm³/mol. The van der Waals surface area contributed by atoms with Crippen LogP contribution in [0.3, 0.4) is 0 Å². The molecule has 1 aliphatic heterocycles. The summed E-state index contributed by atoms with van der Waals surface area (Å²) >= 11 is 0. The summed E-state index contributed by atoms with van der Waals surface area (Å²) in [7, 11) is 0. The van der Waals surface area contributed by atoms with Gasteiger partial charge in [0.1, 0.15) is 0 Å². The first-order valence-electron chi connectivity index (χ1n) is 6.21. The van der Waals surface area contributed by atoms with Gasteiger partial charge in [-0.2, -0.15) is 0 Å². The minimum atomic E-state index is 0.227. The zero-order chi connectivity index (χ0) is 11.3. The summed E-state index contributed by atoms with van der Waals surface area (Å²) in [6.45, 7) is 9.22. The number of nitrogens with zero attached hydrogens (tertiary/aromatic N) is 1. The summed E-state index contributed by atoms with van der Waals surface area (Å²) in [4.78, 5) is 14.3. The van der Waals surface area contributed by atoms with Crippen molar-refractivity contribution >= 4 is 5.91 Å². The fourth-order valence-electron chi connectivity index (χ4n) is 2.21. The topological polar surface area (TPSA) is 32.3 Å². The van der Waals surface area contributed by atoms with Crippen molar-refractivity contribution in [1.29, 1.82) is 0 Å². The second kappa shape index (κ2) is 6.11. The molecule has 1 aliphatic rings. The Bertz CT molecular complexity index is 202. The normalized spacial score (nSPS) is 22.9. The highest BCUT2D eigenvalue weighted by Crippen LogP contribution is 2.16. The van der Waals surface area contributed by atoms with Gasteiger partial charge in [-0.05, 0) is 32.7 Å². The molecule has 1 rings (SSSR count).